The van der Waals surface area contributed by atoms with Gasteiger partial charge in [-0.15, -0.1) is 0 Å². The summed E-state index contributed by atoms with van der Waals surface area (Å²) >= 11 is 0. The van der Waals surface area contributed by atoms with E-state index in [0.29, 0.717) is 18.5 Å². The van der Waals surface area contributed by atoms with Crippen LogP contribution in [0.3, 0.4) is 0 Å². The van der Waals surface area contributed by atoms with E-state index in [0.717, 1.165) is 54.5 Å². The Morgan fingerprint density at radius 2 is 1.91 bits per heavy atom. The van der Waals surface area contributed by atoms with Crippen LogP contribution in [-0.4, -0.2) is 50.5 Å². The van der Waals surface area contributed by atoms with Crippen LogP contribution < -0.4 is 11.3 Å². The second-order valence-corrected chi connectivity index (χ2v) is 9.84. The molecule has 0 radical (unpaired) electrons. The standard InChI is InChI=1S/C28H35N5O2/c1-19-26-27(31-30-19)24-14-21-10-5-6-11-22(21)15-25(24)33(28(26)35)13-7-12-32(18-23(34)16-29)17-20-8-3-2-4-9-20/h2-4,8-9,14-15,23,34H,5-7,10-13,16-18,29H2,1H3,(H,30,31). The maximum absolute atomic E-state index is 13.6. The van der Waals surface area contributed by atoms with E-state index in [-0.39, 0.29) is 12.1 Å². The molecule has 184 valence electrons. The number of aliphatic hydroxyl groups excluding tert-OH is 1. The Hall–Kier alpha value is -3.00. The van der Waals surface area contributed by atoms with Gasteiger partial charge in [0, 0.05) is 43.8 Å². The molecule has 0 saturated carbocycles. The SMILES string of the molecule is Cc1[nH]nc2c1c(=O)n(CCCN(Cc1ccccc1)CC(O)CN)c1cc3c(cc21)CCCC3. The van der Waals surface area contributed by atoms with Crippen LogP contribution in [0.4, 0.5) is 0 Å². The lowest BCUT2D eigenvalue weighted by Crippen LogP contribution is -2.37. The number of aromatic amines is 1. The van der Waals surface area contributed by atoms with Crippen molar-refractivity contribution in [2.24, 2.45) is 5.73 Å². The number of fused-ring (bicyclic) bond motifs is 4. The molecular weight excluding hydrogens is 438 g/mol. The number of hydrogen-bond acceptors (Lipinski definition) is 5. The van der Waals surface area contributed by atoms with E-state index in [1.54, 1.807) is 0 Å². The van der Waals surface area contributed by atoms with E-state index in [2.05, 4.69) is 39.4 Å². The fraction of sp³-hybridized carbons (Fsp3) is 0.429. The van der Waals surface area contributed by atoms with Gasteiger partial charge in [0.25, 0.3) is 5.56 Å². The summed E-state index contributed by atoms with van der Waals surface area (Å²) in [4.78, 5) is 15.8. The maximum atomic E-state index is 13.6. The van der Waals surface area contributed by atoms with Gasteiger partial charge >= 0.3 is 0 Å². The maximum Gasteiger partial charge on any atom is 0.262 e. The van der Waals surface area contributed by atoms with Crippen LogP contribution in [-0.2, 0) is 25.9 Å². The predicted octanol–water partition coefficient (Wildman–Crippen LogP) is 3.28. The van der Waals surface area contributed by atoms with Gasteiger partial charge in [0.1, 0.15) is 5.52 Å². The molecule has 1 atom stereocenters. The Kier molecular flexibility index (Phi) is 7.00. The second kappa shape index (κ2) is 10.3. The van der Waals surface area contributed by atoms with Gasteiger partial charge in [-0.05, 0) is 67.9 Å². The number of nitrogens with zero attached hydrogens (tertiary/aromatic N) is 3. The summed E-state index contributed by atoms with van der Waals surface area (Å²) in [6.07, 6.45) is 4.79. The van der Waals surface area contributed by atoms with Gasteiger partial charge in [-0.2, -0.15) is 5.10 Å². The topological polar surface area (TPSA) is 100 Å². The van der Waals surface area contributed by atoms with Gasteiger partial charge in [0.15, 0.2) is 0 Å². The molecule has 1 aliphatic rings. The van der Waals surface area contributed by atoms with Crippen molar-refractivity contribution in [2.45, 2.75) is 58.2 Å². The fourth-order valence-electron chi connectivity index (χ4n) is 5.44. The molecular formula is C28H35N5O2. The first-order chi connectivity index (χ1) is 17.0. The van der Waals surface area contributed by atoms with Gasteiger partial charge < -0.3 is 15.4 Å². The lowest BCUT2D eigenvalue weighted by Gasteiger charge is -2.25. The van der Waals surface area contributed by atoms with E-state index in [1.165, 1.54) is 29.5 Å². The zero-order valence-corrected chi connectivity index (χ0v) is 20.5. The number of nitrogens with one attached hydrogen (secondary N) is 1. The largest absolute Gasteiger partial charge is 0.390 e. The highest BCUT2D eigenvalue weighted by molar-refractivity contribution is 6.04. The van der Waals surface area contributed by atoms with E-state index in [9.17, 15) is 9.90 Å². The number of H-pyrrole nitrogens is 1. The number of benzene rings is 2. The van der Waals surface area contributed by atoms with Gasteiger partial charge in [-0.25, -0.2) is 0 Å². The van der Waals surface area contributed by atoms with Crippen molar-refractivity contribution in [1.29, 1.82) is 0 Å². The number of rotatable bonds is 9. The summed E-state index contributed by atoms with van der Waals surface area (Å²) in [6.45, 7) is 4.76. The number of nitrogens with two attached hydrogens (primary N) is 1. The van der Waals surface area contributed by atoms with E-state index >= 15 is 0 Å². The lowest BCUT2D eigenvalue weighted by atomic mass is 9.90. The normalized spacial score (nSPS) is 14.6. The van der Waals surface area contributed by atoms with Crippen molar-refractivity contribution in [2.75, 3.05) is 19.6 Å². The first-order valence-electron chi connectivity index (χ1n) is 12.7. The highest BCUT2D eigenvalue weighted by atomic mass is 16.3. The number of pyridine rings is 1. The highest BCUT2D eigenvalue weighted by Gasteiger charge is 2.19. The van der Waals surface area contributed by atoms with Crippen LogP contribution in [0.15, 0.2) is 47.3 Å². The minimum absolute atomic E-state index is 0.0195. The minimum Gasteiger partial charge on any atom is -0.390 e. The number of aryl methyl sites for hydroxylation is 4. The average molecular weight is 474 g/mol. The van der Waals surface area contributed by atoms with Crippen LogP contribution in [0.1, 0.15) is 41.6 Å². The van der Waals surface area contributed by atoms with Crippen molar-refractivity contribution in [3.63, 3.8) is 0 Å². The van der Waals surface area contributed by atoms with Crippen LogP contribution in [0.5, 0.6) is 0 Å². The van der Waals surface area contributed by atoms with E-state index in [1.807, 2.05) is 29.7 Å². The smallest absolute Gasteiger partial charge is 0.262 e. The Morgan fingerprint density at radius 1 is 1.17 bits per heavy atom. The first kappa shape index (κ1) is 23.7. The molecule has 1 aliphatic carbocycles. The van der Waals surface area contributed by atoms with Crippen molar-refractivity contribution in [3.8, 4) is 0 Å². The first-order valence-corrected chi connectivity index (χ1v) is 12.7. The summed E-state index contributed by atoms with van der Waals surface area (Å²) in [6, 6.07) is 14.8. The number of hydrogen-bond donors (Lipinski definition) is 3. The van der Waals surface area contributed by atoms with Crippen LogP contribution in [0.25, 0.3) is 21.8 Å². The minimum atomic E-state index is -0.571. The molecule has 0 amide bonds. The predicted molar refractivity (Wildman–Crippen MR) is 141 cm³/mol. The van der Waals surface area contributed by atoms with Gasteiger partial charge in [0.05, 0.1) is 17.0 Å². The molecule has 1 unspecified atom stereocenters. The number of aromatic nitrogens is 3. The number of aliphatic hydroxyl groups is 1. The molecule has 4 N–H and O–H groups in total. The fourth-order valence-corrected chi connectivity index (χ4v) is 5.44. The average Bonchev–Trinajstić information content (AvgIpc) is 3.27. The van der Waals surface area contributed by atoms with Gasteiger partial charge in [0.2, 0.25) is 0 Å². The van der Waals surface area contributed by atoms with Crippen LogP contribution in [0, 0.1) is 6.92 Å². The molecule has 2 aromatic heterocycles. The molecule has 5 rings (SSSR count). The summed E-state index contributed by atoms with van der Waals surface area (Å²) in [5.74, 6) is 0. The summed E-state index contributed by atoms with van der Waals surface area (Å²) < 4.78 is 1.94. The molecule has 0 aliphatic heterocycles. The molecule has 0 bridgehead atoms. The zero-order chi connectivity index (χ0) is 24.4. The monoisotopic (exact) mass is 473 g/mol. The van der Waals surface area contributed by atoms with E-state index < -0.39 is 6.10 Å². The molecule has 4 aromatic rings. The Bertz CT molecular complexity index is 1380. The summed E-state index contributed by atoms with van der Waals surface area (Å²) in [5, 5.41) is 19.5. The van der Waals surface area contributed by atoms with Crippen molar-refractivity contribution in [1.82, 2.24) is 19.7 Å². The summed E-state index contributed by atoms with van der Waals surface area (Å²) in [7, 11) is 0. The molecule has 7 heteroatoms. The van der Waals surface area contributed by atoms with Crippen LogP contribution in [0.2, 0.25) is 0 Å². The van der Waals surface area contributed by atoms with Gasteiger partial charge in [-0.1, -0.05) is 30.3 Å². The van der Waals surface area contributed by atoms with Crippen molar-refractivity contribution < 1.29 is 5.11 Å². The molecule has 2 aromatic carbocycles. The van der Waals surface area contributed by atoms with Gasteiger partial charge in [-0.3, -0.25) is 14.8 Å². The zero-order valence-electron chi connectivity index (χ0n) is 20.5. The Balaban J connectivity index is 1.45. The quantitative estimate of drug-likeness (QED) is 0.346. The second-order valence-electron chi connectivity index (χ2n) is 9.84. The molecule has 35 heavy (non-hydrogen) atoms. The Morgan fingerprint density at radius 3 is 2.66 bits per heavy atom. The van der Waals surface area contributed by atoms with Crippen LogP contribution >= 0.6 is 0 Å². The summed E-state index contributed by atoms with van der Waals surface area (Å²) in [5.41, 5.74) is 12.2. The molecule has 0 saturated heterocycles. The Labute approximate surface area is 205 Å². The third kappa shape index (κ3) is 4.89. The molecule has 2 heterocycles. The third-order valence-corrected chi connectivity index (χ3v) is 7.26. The molecule has 7 nitrogen and oxygen atoms in total. The lowest BCUT2D eigenvalue weighted by molar-refractivity contribution is 0.113. The highest BCUT2D eigenvalue weighted by Crippen LogP contribution is 2.30. The van der Waals surface area contributed by atoms with E-state index in [4.69, 9.17) is 5.73 Å². The molecule has 0 fully saturated rings. The molecule has 0 spiro atoms. The van der Waals surface area contributed by atoms with Crippen molar-refractivity contribution >= 4 is 21.8 Å². The van der Waals surface area contributed by atoms with Crippen molar-refractivity contribution in [3.05, 3.63) is 75.2 Å². The third-order valence-electron chi connectivity index (χ3n) is 7.26.